The highest BCUT2D eigenvalue weighted by molar-refractivity contribution is 6.00. The van der Waals surface area contributed by atoms with Crippen molar-refractivity contribution in [3.05, 3.63) is 113 Å². The predicted molar refractivity (Wildman–Crippen MR) is 127 cm³/mol. The summed E-state index contributed by atoms with van der Waals surface area (Å²) in [5.41, 5.74) is 5.56. The SMILES string of the molecule is Cc1cc(CC(=O)c2cccc(-n3cc(CC(=O)c4cc5ccccc5[nH]4)cn3)c2)ccn1. The standard InChI is InChI=1S/C27H22N4O2/c1-18-11-19(9-10-28-18)12-26(32)22-6-4-7-23(14-22)31-17-20(16-29-31)13-27(33)25-15-21-5-2-3-8-24(21)30-25/h2-11,14-17,30H,12-13H2,1H3. The molecule has 0 aliphatic heterocycles. The average Bonchev–Trinajstić information content (AvgIpc) is 3.46. The number of Topliss-reactive ketones (excluding diaryl/α,β-unsaturated/α-hetero) is 2. The fourth-order valence-corrected chi connectivity index (χ4v) is 3.92. The second-order valence-corrected chi connectivity index (χ2v) is 8.12. The van der Waals surface area contributed by atoms with Crippen molar-refractivity contribution in [1.29, 1.82) is 0 Å². The second kappa shape index (κ2) is 8.67. The Hall–Kier alpha value is -4.32. The summed E-state index contributed by atoms with van der Waals surface area (Å²) >= 11 is 0. The van der Waals surface area contributed by atoms with E-state index in [9.17, 15) is 9.59 Å². The predicted octanol–water partition coefficient (Wildman–Crippen LogP) is 4.91. The first-order chi connectivity index (χ1) is 16.0. The number of hydrogen-bond donors (Lipinski definition) is 1. The third-order valence-electron chi connectivity index (χ3n) is 5.59. The van der Waals surface area contributed by atoms with Crippen LogP contribution in [0.5, 0.6) is 0 Å². The molecule has 0 fully saturated rings. The molecular weight excluding hydrogens is 412 g/mol. The number of para-hydroxylation sites is 1. The van der Waals surface area contributed by atoms with Crippen LogP contribution in [0.25, 0.3) is 16.6 Å². The van der Waals surface area contributed by atoms with Crippen molar-refractivity contribution in [2.24, 2.45) is 0 Å². The van der Waals surface area contributed by atoms with Gasteiger partial charge in [-0.2, -0.15) is 5.10 Å². The van der Waals surface area contributed by atoms with Gasteiger partial charge in [-0.25, -0.2) is 4.68 Å². The minimum absolute atomic E-state index is 0.00215. The molecule has 33 heavy (non-hydrogen) atoms. The number of aryl methyl sites for hydroxylation is 1. The first kappa shape index (κ1) is 20.6. The van der Waals surface area contributed by atoms with Crippen LogP contribution in [0.3, 0.4) is 0 Å². The quantitative estimate of drug-likeness (QED) is 0.369. The van der Waals surface area contributed by atoms with Crippen molar-refractivity contribution in [1.82, 2.24) is 19.7 Å². The molecule has 0 aliphatic carbocycles. The number of nitrogens with one attached hydrogen (secondary N) is 1. The van der Waals surface area contributed by atoms with Crippen LogP contribution >= 0.6 is 0 Å². The van der Waals surface area contributed by atoms with Crippen molar-refractivity contribution in [2.75, 3.05) is 0 Å². The summed E-state index contributed by atoms with van der Waals surface area (Å²) in [5, 5.41) is 5.42. The lowest BCUT2D eigenvalue weighted by Gasteiger charge is -2.06. The summed E-state index contributed by atoms with van der Waals surface area (Å²) in [7, 11) is 0. The van der Waals surface area contributed by atoms with Crippen LogP contribution < -0.4 is 0 Å². The van der Waals surface area contributed by atoms with Crippen LogP contribution in [-0.2, 0) is 12.8 Å². The Morgan fingerprint density at radius 2 is 1.76 bits per heavy atom. The summed E-state index contributed by atoms with van der Waals surface area (Å²) < 4.78 is 1.70. The molecule has 0 unspecified atom stereocenters. The Morgan fingerprint density at radius 3 is 2.61 bits per heavy atom. The number of carbonyl (C=O) groups is 2. The number of ketones is 2. The van der Waals surface area contributed by atoms with E-state index < -0.39 is 0 Å². The lowest BCUT2D eigenvalue weighted by atomic mass is 10.0. The van der Waals surface area contributed by atoms with Gasteiger partial charge in [-0.15, -0.1) is 0 Å². The minimum atomic E-state index is 0.00215. The number of H-pyrrole nitrogens is 1. The van der Waals surface area contributed by atoms with Crippen molar-refractivity contribution in [2.45, 2.75) is 19.8 Å². The largest absolute Gasteiger partial charge is 0.352 e. The van der Waals surface area contributed by atoms with Crippen LogP contribution in [-0.4, -0.2) is 31.3 Å². The first-order valence-electron chi connectivity index (χ1n) is 10.7. The maximum absolute atomic E-state index is 12.8. The van der Waals surface area contributed by atoms with Gasteiger partial charge in [-0.1, -0.05) is 30.3 Å². The minimum Gasteiger partial charge on any atom is -0.352 e. The summed E-state index contributed by atoms with van der Waals surface area (Å²) in [5.74, 6) is 0.0335. The Balaban J connectivity index is 1.31. The van der Waals surface area contributed by atoms with Crippen molar-refractivity contribution >= 4 is 22.5 Å². The number of carbonyl (C=O) groups excluding carboxylic acids is 2. The van der Waals surface area contributed by atoms with E-state index in [2.05, 4.69) is 15.1 Å². The lowest BCUT2D eigenvalue weighted by Crippen LogP contribution is -2.05. The van der Waals surface area contributed by atoms with Crippen molar-refractivity contribution < 1.29 is 9.59 Å². The maximum atomic E-state index is 12.8. The van der Waals surface area contributed by atoms with Crippen LogP contribution in [0.1, 0.15) is 37.7 Å². The molecule has 3 heterocycles. The number of aromatic nitrogens is 4. The van der Waals surface area contributed by atoms with Gasteiger partial charge >= 0.3 is 0 Å². The molecule has 0 aliphatic rings. The average molecular weight is 434 g/mol. The highest BCUT2D eigenvalue weighted by Gasteiger charge is 2.13. The number of hydrogen-bond acceptors (Lipinski definition) is 4. The van der Waals surface area contributed by atoms with Gasteiger partial charge in [0.25, 0.3) is 0 Å². The number of benzene rings is 2. The molecule has 162 valence electrons. The molecule has 0 amide bonds. The lowest BCUT2D eigenvalue weighted by molar-refractivity contribution is 0.0982. The van der Waals surface area contributed by atoms with Gasteiger partial charge in [0.15, 0.2) is 11.6 Å². The van der Waals surface area contributed by atoms with E-state index in [1.807, 2.05) is 79.9 Å². The number of rotatable bonds is 7. The van der Waals surface area contributed by atoms with Crippen molar-refractivity contribution in [3.63, 3.8) is 0 Å². The smallest absolute Gasteiger partial charge is 0.183 e. The molecular formula is C27H22N4O2. The molecule has 6 nitrogen and oxygen atoms in total. The van der Waals surface area contributed by atoms with E-state index in [1.54, 1.807) is 17.1 Å². The molecule has 0 saturated heterocycles. The Bertz CT molecular complexity index is 1450. The fraction of sp³-hybridized carbons (Fsp3) is 0.111. The topological polar surface area (TPSA) is 80.6 Å². The summed E-state index contributed by atoms with van der Waals surface area (Å²) in [6.07, 6.45) is 5.80. The van der Waals surface area contributed by atoms with E-state index in [0.717, 1.165) is 33.4 Å². The van der Waals surface area contributed by atoms with Crippen LogP contribution in [0.4, 0.5) is 0 Å². The monoisotopic (exact) mass is 434 g/mol. The third kappa shape index (κ3) is 4.50. The Labute approximate surface area is 190 Å². The first-order valence-corrected chi connectivity index (χ1v) is 10.7. The van der Waals surface area contributed by atoms with Gasteiger partial charge in [0.2, 0.25) is 0 Å². The van der Waals surface area contributed by atoms with Crippen LogP contribution in [0, 0.1) is 6.92 Å². The van der Waals surface area contributed by atoms with E-state index in [1.165, 1.54) is 0 Å². The molecule has 0 radical (unpaired) electrons. The summed E-state index contributed by atoms with van der Waals surface area (Å²) in [6.45, 7) is 1.91. The third-order valence-corrected chi connectivity index (χ3v) is 5.59. The van der Waals surface area contributed by atoms with Gasteiger partial charge in [-0.3, -0.25) is 14.6 Å². The zero-order valence-electron chi connectivity index (χ0n) is 18.2. The van der Waals surface area contributed by atoms with E-state index in [4.69, 9.17) is 0 Å². The van der Waals surface area contributed by atoms with Gasteiger partial charge in [0.1, 0.15) is 0 Å². The van der Waals surface area contributed by atoms with Gasteiger partial charge in [0.05, 0.1) is 17.6 Å². The molecule has 6 heteroatoms. The van der Waals surface area contributed by atoms with Crippen molar-refractivity contribution in [3.8, 4) is 5.69 Å². The van der Waals surface area contributed by atoms with Crippen LogP contribution in [0.15, 0.2) is 85.3 Å². The zero-order valence-corrected chi connectivity index (χ0v) is 18.2. The number of pyridine rings is 1. The number of aromatic amines is 1. The molecule has 0 atom stereocenters. The van der Waals surface area contributed by atoms with Crippen LogP contribution in [0.2, 0.25) is 0 Å². The molecule has 0 bridgehead atoms. The molecule has 5 aromatic rings. The van der Waals surface area contributed by atoms with E-state index >= 15 is 0 Å². The van der Waals surface area contributed by atoms with E-state index in [0.29, 0.717) is 17.7 Å². The summed E-state index contributed by atoms with van der Waals surface area (Å²) in [6, 6.07) is 20.8. The van der Waals surface area contributed by atoms with E-state index in [-0.39, 0.29) is 18.0 Å². The second-order valence-electron chi connectivity index (χ2n) is 8.12. The molecule has 0 spiro atoms. The maximum Gasteiger partial charge on any atom is 0.183 e. The number of nitrogens with zero attached hydrogens (tertiary/aromatic N) is 3. The zero-order chi connectivity index (χ0) is 22.8. The normalized spacial score (nSPS) is 11.1. The Kier molecular flexibility index (Phi) is 5.40. The number of fused-ring (bicyclic) bond motifs is 1. The van der Waals surface area contributed by atoms with Gasteiger partial charge < -0.3 is 4.98 Å². The molecule has 5 rings (SSSR count). The molecule has 0 saturated carbocycles. The molecule has 1 N–H and O–H groups in total. The molecule has 3 aromatic heterocycles. The fourth-order valence-electron chi connectivity index (χ4n) is 3.92. The summed E-state index contributed by atoms with van der Waals surface area (Å²) in [4.78, 5) is 32.9. The highest BCUT2D eigenvalue weighted by atomic mass is 16.1. The Morgan fingerprint density at radius 1 is 0.909 bits per heavy atom. The van der Waals surface area contributed by atoms with Gasteiger partial charge in [-0.05, 0) is 54.4 Å². The molecule has 2 aromatic carbocycles. The highest BCUT2D eigenvalue weighted by Crippen LogP contribution is 2.18. The van der Waals surface area contributed by atoms with Gasteiger partial charge in [0, 0.05) is 47.4 Å².